The summed E-state index contributed by atoms with van der Waals surface area (Å²) in [5.74, 6) is 1.99. The fourth-order valence-corrected chi connectivity index (χ4v) is 2.25. The van der Waals surface area contributed by atoms with Gasteiger partial charge in [0.05, 0.1) is 20.2 Å². The number of aromatic nitrogens is 2. The SMILES string of the molecule is CCN(Cc1noc(CN)n1)C(C)c1cccc(OC)c1. The second kappa shape index (κ2) is 7.19. The Morgan fingerprint density at radius 2 is 2.24 bits per heavy atom. The lowest BCUT2D eigenvalue weighted by molar-refractivity contribution is 0.204. The van der Waals surface area contributed by atoms with Crippen LogP contribution >= 0.6 is 0 Å². The highest BCUT2D eigenvalue weighted by molar-refractivity contribution is 5.30. The molecule has 0 aliphatic heterocycles. The first-order chi connectivity index (χ1) is 10.2. The molecule has 114 valence electrons. The van der Waals surface area contributed by atoms with Gasteiger partial charge in [-0.25, -0.2) is 0 Å². The normalized spacial score (nSPS) is 12.6. The Bertz CT molecular complexity index is 570. The molecule has 0 aliphatic carbocycles. The van der Waals surface area contributed by atoms with Gasteiger partial charge in [-0.05, 0) is 31.2 Å². The summed E-state index contributed by atoms with van der Waals surface area (Å²) in [5.41, 5.74) is 6.68. The molecule has 1 aromatic heterocycles. The Morgan fingerprint density at radius 1 is 1.43 bits per heavy atom. The molecule has 0 saturated carbocycles. The highest BCUT2D eigenvalue weighted by Gasteiger charge is 2.17. The van der Waals surface area contributed by atoms with Crippen molar-refractivity contribution in [3.8, 4) is 5.75 Å². The second-order valence-electron chi connectivity index (χ2n) is 4.82. The van der Waals surface area contributed by atoms with Crippen molar-refractivity contribution < 1.29 is 9.26 Å². The van der Waals surface area contributed by atoms with Gasteiger partial charge >= 0.3 is 0 Å². The minimum Gasteiger partial charge on any atom is -0.497 e. The molecule has 2 rings (SSSR count). The fourth-order valence-electron chi connectivity index (χ4n) is 2.25. The molecule has 21 heavy (non-hydrogen) atoms. The summed E-state index contributed by atoms with van der Waals surface area (Å²) in [6, 6.07) is 8.31. The molecule has 1 aromatic carbocycles. The number of hydrogen-bond acceptors (Lipinski definition) is 6. The van der Waals surface area contributed by atoms with Crippen molar-refractivity contribution in [2.24, 2.45) is 5.73 Å². The van der Waals surface area contributed by atoms with E-state index in [0.717, 1.165) is 12.3 Å². The molecule has 0 amide bonds. The standard InChI is InChI=1S/C15H22N4O2/c1-4-19(10-14-17-15(9-16)21-18-14)11(2)12-6-5-7-13(8-12)20-3/h5-8,11H,4,9-10,16H2,1-3H3. The molecule has 6 nitrogen and oxygen atoms in total. The van der Waals surface area contributed by atoms with Gasteiger partial charge in [-0.2, -0.15) is 4.98 Å². The van der Waals surface area contributed by atoms with E-state index >= 15 is 0 Å². The lowest BCUT2D eigenvalue weighted by Crippen LogP contribution is -2.27. The Balaban J connectivity index is 2.11. The molecule has 0 saturated heterocycles. The lowest BCUT2D eigenvalue weighted by atomic mass is 10.1. The topological polar surface area (TPSA) is 77.4 Å². The maximum atomic E-state index is 5.49. The Kier molecular flexibility index (Phi) is 5.30. The third-order valence-corrected chi connectivity index (χ3v) is 3.56. The number of benzene rings is 1. The number of rotatable bonds is 7. The van der Waals surface area contributed by atoms with Gasteiger partial charge in [-0.15, -0.1) is 0 Å². The molecule has 1 heterocycles. The van der Waals surface area contributed by atoms with E-state index in [2.05, 4.69) is 41.0 Å². The maximum absolute atomic E-state index is 5.49. The fraction of sp³-hybridized carbons (Fsp3) is 0.467. The summed E-state index contributed by atoms with van der Waals surface area (Å²) in [4.78, 5) is 6.52. The number of hydrogen-bond donors (Lipinski definition) is 1. The van der Waals surface area contributed by atoms with Crippen LogP contribution in [0.3, 0.4) is 0 Å². The zero-order valence-electron chi connectivity index (χ0n) is 12.7. The van der Waals surface area contributed by atoms with E-state index in [0.29, 0.717) is 18.3 Å². The molecule has 0 fully saturated rings. The van der Waals surface area contributed by atoms with Gasteiger partial charge in [0, 0.05) is 6.04 Å². The van der Waals surface area contributed by atoms with Gasteiger partial charge in [0.25, 0.3) is 0 Å². The molecule has 2 aromatic rings. The third-order valence-electron chi connectivity index (χ3n) is 3.56. The van der Waals surface area contributed by atoms with Crippen molar-refractivity contribution in [3.63, 3.8) is 0 Å². The molecular weight excluding hydrogens is 268 g/mol. The van der Waals surface area contributed by atoms with Crippen LogP contribution in [0.15, 0.2) is 28.8 Å². The lowest BCUT2D eigenvalue weighted by Gasteiger charge is -2.27. The summed E-state index contributed by atoms with van der Waals surface area (Å²) >= 11 is 0. The van der Waals surface area contributed by atoms with Crippen LogP contribution in [0.2, 0.25) is 0 Å². The monoisotopic (exact) mass is 290 g/mol. The Hall–Kier alpha value is -1.92. The third kappa shape index (κ3) is 3.80. The highest BCUT2D eigenvalue weighted by Crippen LogP contribution is 2.24. The van der Waals surface area contributed by atoms with E-state index in [1.165, 1.54) is 5.56 Å². The zero-order chi connectivity index (χ0) is 15.2. The summed E-state index contributed by atoms with van der Waals surface area (Å²) in [6.45, 7) is 6.04. The van der Waals surface area contributed by atoms with E-state index in [1.54, 1.807) is 7.11 Å². The van der Waals surface area contributed by atoms with Crippen LogP contribution in [0.1, 0.15) is 37.2 Å². The second-order valence-corrected chi connectivity index (χ2v) is 4.82. The smallest absolute Gasteiger partial charge is 0.240 e. The molecular formula is C15H22N4O2. The van der Waals surface area contributed by atoms with Crippen molar-refractivity contribution >= 4 is 0 Å². The van der Waals surface area contributed by atoms with Gasteiger partial charge in [0.1, 0.15) is 5.75 Å². The summed E-state index contributed by atoms with van der Waals surface area (Å²) in [5, 5.41) is 3.95. The van der Waals surface area contributed by atoms with Crippen molar-refractivity contribution in [2.75, 3.05) is 13.7 Å². The maximum Gasteiger partial charge on any atom is 0.240 e. The highest BCUT2D eigenvalue weighted by atomic mass is 16.5. The molecule has 0 spiro atoms. The predicted molar refractivity (Wildman–Crippen MR) is 79.7 cm³/mol. The summed E-state index contributed by atoms with van der Waals surface area (Å²) in [6.07, 6.45) is 0. The quantitative estimate of drug-likeness (QED) is 0.841. The average Bonchev–Trinajstić information content (AvgIpc) is 2.99. The first-order valence-corrected chi connectivity index (χ1v) is 7.07. The summed E-state index contributed by atoms with van der Waals surface area (Å²) in [7, 11) is 1.68. The Morgan fingerprint density at radius 3 is 2.86 bits per heavy atom. The number of nitrogens with zero attached hydrogens (tertiary/aromatic N) is 3. The summed E-state index contributed by atoms with van der Waals surface area (Å²) < 4.78 is 10.3. The zero-order valence-corrected chi connectivity index (χ0v) is 12.7. The minimum atomic E-state index is 0.227. The van der Waals surface area contributed by atoms with Gasteiger partial charge in [-0.3, -0.25) is 4.90 Å². The molecule has 2 N–H and O–H groups in total. The first-order valence-electron chi connectivity index (χ1n) is 7.07. The van der Waals surface area contributed by atoms with E-state index in [-0.39, 0.29) is 12.6 Å². The van der Waals surface area contributed by atoms with Crippen LogP contribution in [0.4, 0.5) is 0 Å². The molecule has 1 unspecified atom stereocenters. The van der Waals surface area contributed by atoms with Crippen molar-refractivity contribution in [1.82, 2.24) is 15.0 Å². The van der Waals surface area contributed by atoms with Gasteiger partial charge in [-0.1, -0.05) is 24.2 Å². The van der Waals surface area contributed by atoms with E-state index < -0.39 is 0 Å². The van der Waals surface area contributed by atoms with Crippen LogP contribution in [0.25, 0.3) is 0 Å². The first kappa shape index (κ1) is 15.5. The molecule has 1 atom stereocenters. The van der Waals surface area contributed by atoms with Crippen molar-refractivity contribution in [3.05, 3.63) is 41.5 Å². The van der Waals surface area contributed by atoms with Crippen LogP contribution in [0, 0.1) is 0 Å². The van der Waals surface area contributed by atoms with Crippen LogP contribution in [-0.2, 0) is 13.1 Å². The van der Waals surface area contributed by atoms with Gasteiger partial charge < -0.3 is 15.0 Å². The van der Waals surface area contributed by atoms with Crippen LogP contribution in [-0.4, -0.2) is 28.7 Å². The van der Waals surface area contributed by atoms with Gasteiger partial charge in [0.15, 0.2) is 5.82 Å². The van der Waals surface area contributed by atoms with E-state index in [4.69, 9.17) is 15.0 Å². The van der Waals surface area contributed by atoms with Crippen LogP contribution < -0.4 is 10.5 Å². The molecule has 0 aliphatic rings. The Labute approximate surface area is 124 Å². The van der Waals surface area contributed by atoms with Crippen molar-refractivity contribution in [1.29, 1.82) is 0 Å². The largest absolute Gasteiger partial charge is 0.497 e. The minimum absolute atomic E-state index is 0.227. The van der Waals surface area contributed by atoms with Gasteiger partial charge in [0.2, 0.25) is 5.89 Å². The average molecular weight is 290 g/mol. The number of methoxy groups -OCH3 is 1. The predicted octanol–water partition coefficient (Wildman–Crippen LogP) is 2.12. The van der Waals surface area contributed by atoms with Crippen LogP contribution in [0.5, 0.6) is 5.75 Å². The number of ether oxygens (including phenoxy) is 1. The van der Waals surface area contributed by atoms with E-state index in [1.807, 2.05) is 12.1 Å². The molecule has 0 radical (unpaired) electrons. The van der Waals surface area contributed by atoms with E-state index in [9.17, 15) is 0 Å². The van der Waals surface area contributed by atoms with Crippen molar-refractivity contribution in [2.45, 2.75) is 33.0 Å². The molecule has 6 heteroatoms. The molecule has 0 bridgehead atoms. The number of nitrogens with two attached hydrogens (primary N) is 1.